The number of rotatable bonds is 4. The van der Waals surface area contributed by atoms with Crippen LogP contribution < -0.4 is 11.2 Å². The number of nitrogens with one attached hydrogen (secondary N) is 1. The van der Waals surface area contributed by atoms with Crippen LogP contribution in [0.5, 0.6) is 0 Å². The zero-order valence-electron chi connectivity index (χ0n) is 12.1. The highest BCUT2D eigenvalue weighted by Gasteiger charge is 2.06. The molecule has 0 radical (unpaired) electrons. The average molecular weight is 374 g/mol. The van der Waals surface area contributed by atoms with Crippen molar-refractivity contribution >= 4 is 50.6 Å². The fourth-order valence-electron chi connectivity index (χ4n) is 1.94. The summed E-state index contributed by atoms with van der Waals surface area (Å²) in [6.45, 7) is 1.92. The quantitative estimate of drug-likeness (QED) is 0.365. The highest BCUT2D eigenvalue weighted by Crippen LogP contribution is 2.21. The van der Waals surface area contributed by atoms with E-state index < -0.39 is 0 Å². The number of hydrazone groups is 1. The summed E-state index contributed by atoms with van der Waals surface area (Å²) in [5.41, 5.74) is 12.1. The van der Waals surface area contributed by atoms with E-state index in [9.17, 15) is 0 Å². The van der Waals surface area contributed by atoms with E-state index >= 15 is 0 Å². The molecule has 5 heteroatoms. The van der Waals surface area contributed by atoms with Crippen molar-refractivity contribution in [2.45, 2.75) is 6.92 Å². The van der Waals surface area contributed by atoms with E-state index in [1.54, 1.807) is 0 Å². The summed E-state index contributed by atoms with van der Waals surface area (Å²) in [6.07, 6.45) is 2.09. The van der Waals surface area contributed by atoms with Crippen LogP contribution in [-0.4, -0.2) is 10.8 Å². The monoisotopic (exact) mass is 373 g/mol. The minimum absolute atomic E-state index is 0.149. The largest absolute Gasteiger partial charge is 0.375 e. The molecular weight excluding hydrogens is 358 g/mol. The standard InChI is InChI=1S/C17H16BrN3S/c1-12(20-21-17(19)22)16(14-5-3-2-4-6-14)11-13-7-9-15(18)10-8-13/h2-11H,1H3,(H3,19,21,22)/b16-11+,20-12-. The maximum Gasteiger partial charge on any atom is 0.184 e. The molecule has 0 heterocycles. The Hall–Kier alpha value is -1.98. The first-order chi connectivity index (χ1) is 10.6. The lowest BCUT2D eigenvalue weighted by Gasteiger charge is -2.09. The molecule has 2 aromatic rings. The average Bonchev–Trinajstić information content (AvgIpc) is 2.53. The van der Waals surface area contributed by atoms with Gasteiger partial charge in [-0.3, -0.25) is 5.43 Å². The second-order valence-electron chi connectivity index (χ2n) is 4.65. The van der Waals surface area contributed by atoms with E-state index in [-0.39, 0.29) is 5.11 Å². The summed E-state index contributed by atoms with van der Waals surface area (Å²) in [7, 11) is 0. The Labute approximate surface area is 144 Å². The topological polar surface area (TPSA) is 50.4 Å². The van der Waals surface area contributed by atoms with Gasteiger partial charge in [0.25, 0.3) is 0 Å². The zero-order valence-corrected chi connectivity index (χ0v) is 14.5. The van der Waals surface area contributed by atoms with Crippen LogP contribution in [0.3, 0.4) is 0 Å². The SMILES string of the molecule is CC(=N/NC(N)=S)/C(=C\c1ccc(Br)cc1)c1ccccc1. The zero-order chi connectivity index (χ0) is 15.9. The highest BCUT2D eigenvalue weighted by atomic mass is 79.9. The third kappa shape index (κ3) is 4.79. The van der Waals surface area contributed by atoms with Gasteiger partial charge in [-0.2, -0.15) is 5.10 Å². The summed E-state index contributed by atoms with van der Waals surface area (Å²) in [5.74, 6) is 0. The maximum absolute atomic E-state index is 5.44. The lowest BCUT2D eigenvalue weighted by molar-refractivity contribution is 1.03. The molecule has 3 nitrogen and oxygen atoms in total. The van der Waals surface area contributed by atoms with Crippen LogP contribution in [0.15, 0.2) is 64.2 Å². The van der Waals surface area contributed by atoms with Crippen molar-refractivity contribution in [3.8, 4) is 0 Å². The first-order valence-corrected chi connectivity index (χ1v) is 7.89. The molecule has 0 atom stereocenters. The van der Waals surface area contributed by atoms with Crippen molar-refractivity contribution in [3.63, 3.8) is 0 Å². The van der Waals surface area contributed by atoms with Gasteiger partial charge in [0.1, 0.15) is 0 Å². The number of allylic oxidation sites excluding steroid dienone is 1. The van der Waals surface area contributed by atoms with Crippen LogP contribution in [0.1, 0.15) is 18.1 Å². The van der Waals surface area contributed by atoms with Crippen LogP contribution in [0.2, 0.25) is 0 Å². The molecule has 0 saturated heterocycles. The van der Waals surface area contributed by atoms with Crippen LogP contribution in [-0.2, 0) is 0 Å². The predicted molar refractivity (Wildman–Crippen MR) is 101 cm³/mol. The van der Waals surface area contributed by atoms with Crippen LogP contribution in [0, 0.1) is 0 Å². The van der Waals surface area contributed by atoms with Gasteiger partial charge < -0.3 is 5.73 Å². The van der Waals surface area contributed by atoms with Crippen molar-refractivity contribution in [2.24, 2.45) is 10.8 Å². The minimum atomic E-state index is 0.149. The number of thiocarbonyl (C=S) groups is 1. The van der Waals surface area contributed by atoms with E-state index in [2.05, 4.69) is 32.5 Å². The second-order valence-corrected chi connectivity index (χ2v) is 6.00. The summed E-state index contributed by atoms with van der Waals surface area (Å²) < 4.78 is 1.05. The molecule has 0 aliphatic carbocycles. The number of nitrogens with zero attached hydrogens (tertiary/aromatic N) is 1. The van der Waals surface area contributed by atoms with Crippen molar-refractivity contribution in [1.29, 1.82) is 0 Å². The molecule has 2 rings (SSSR count). The van der Waals surface area contributed by atoms with E-state index in [1.807, 2.05) is 61.5 Å². The lowest BCUT2D eigenvalue weighted by atomic mass is 9.99. The number of benzene rings is 2. The Bertz CT molecular complexity index is 706. The van der Waals surface area contributed by atoms with Gasteiger partial charge >= 0.3 is 0 Å². The predicted octanol–water partition coefficient (Wildman–Crippen LogP) is 4.20. The molecule has 3 N–H and O–H groups in total. The van der Waals surface area contributed by atoms with Crippen LogP contribution in [0.4, 0.5) is 0 Å². The van der Waals surface area contributed by atoms with Crippen LogP contribution >= 0.6 is 28.1 Å². The van der Waals surface area contributed by atoms with Gasteiger partial charge in [0.15, 0.2) is 5.11 Å². The molecule has 0 aliphatic heterocycles. The molecule has 0 amide bonds. The summed E-state index contributed by atoms with van der Waals surface area (Å²) in [5, 5.41) is 4.39. The second kappa shape index (κ2) is 7.87. The highest BCUT2D eigenvalue weighted by molar-refractivity contribution is 9.10. The molecule has 0 spiro atoms. The Morgan fingerprint density at radius 2 is 1.77 bits per heavy atom. The summed E-state index contributed by atoms with van der Waals surface area (Å²) in [6, 6.07) is 18.2. The van der Waals surface area contributed by atoms with E-state index in [1.165, 1.54) is 0 Å². The molecule has 112 valence electrons. The Kier molecular flexibility index (Phi) is 5.86. The number of hydrogen-bond acceptors (Lipinski definition) is 2. The number of hydrogen-bond donors (Lipinski definition) is 2. The van der Waals surface area contributed by atoms with Gasteiger partial charge in [-0.1, -0.05) is 58.4 Å². The van der Waals surface area contributed by atoms with Gasteiger partial charge in [0, 0.05) is 10.0 Å². The lowest BCUT2D eigenvalue weighted by Crippen LogP contribution is -2.25. The Morgan fingerprint density at radius 1 is 1.14 bits per heavy atom. The van der Waals surface area contributed by atoms with E-state index in [0.29, 0.717) is 0 Å². The third-order valence-electron chi connectivity index (χ3n) is 2.99. The van der Waals surface area contributed by atoms with Gasteiger partial charge in [-0.05, 0) is 48.5 Å². The fourth-order valence-corrected chi connectivity index (χ4v) is 2.25. The summed E-state index contributed by atoms with van der Waals surface area (Å²) in [4.78, 5) is 0. The van der Waals surface area contributed by atoms with E-state index in [4.69, 9.17) is 18.0 Å². The molecule has 0 fully saturated rings. The molecule has 0 saturated carbocycles. The van der Waals surface area contributed by atoms with Crippen molar-refractivity contribution in [2.75, 3.05) is 0 Å². The molecule has 0 aromatic heterocycles. The molecule has 0 bridgehead atoms. The van der Waals surface area contributed by atoms with Gasteiger partial charge in [-0.25, -0.2) is 0 Å². The fraction of sp³-hybridized carbons (Fsp3) is 0.0588. The summed E-state index contributed by atoms with van der Waals surface area (Å²) >= 11 is 8.24. The third-order valence-corrected chi connectivity index (χ3v) is 3.61. The van der Waals surface area contributed by atoms with Crippen LogP contribution in [0.25, 0.3) is 11.6 Å². The molecule has 0 unspecified atom stereocenters. The molecular formula is C17H16BrN3S. The first kappa shape index (κ1) is 16.4. The number of nitrogens with two attached hydrogens (primary N) is 1. The smallest absolute Gasteiger partial charge is 0.184 e. The van der Waals surface area contributed by atoms with Crippen molar-refractivity contribution in [3.05, 3.63) is 70.2 Å². The van der Waals surface area contributed by atoms with Gasteiger partial charge in [0.05, 0.1) is 5.71 Å². The van der Waals surface area contributed by atoms with Crippen molar-refractivity contribution in [1.82, 2.24) is 5.43 Å². The van der Waals surface area contributed by atoms with Crippen molar-refractivity contribution < 1.29 is 0 Å². The molecule has 2 aromatic carbocycles. The first-order valence-electron chi connectivity index (χ1n) is 6.69. The molecule has 22 heavy (non-hydrogen) atoms. The normalized spacial score (nSPS) is 12.1. The van der Waals surface area contributed by atoms with E-state index in [0.717, 1.165) is 26.9 Å². The number of halogens is 1. The molecule has 0 aliphatic rings. The minimum Gasteiger partial charge on any atom is -0.375 e. The van der Waals surface area contributed by atoms with Gasteiger partial charge in [0.2, 0.25) is 0 Å². The van der Waals surface area contributed by atoms with Gasteiger partial charge in [-0.15, -0.1) is 0 Å². The Morgan fingerprint density at radius 3 is 2.36 bits per heavy atom. The maximum atomic E-state index is 5.44. The Balaban J connectivity index is 2.43.